The van der Waals surface area contributed by atoms with Crippen molar-refractivity contribution in [2.75, 3.05) is 33.2 Å². The van der Waals surface area contributed by atoms with Gasteiger partial charge in [0.25, 0.3) is 0 Å². The van der Waals surface area contributed by atoms with E-state index in [1.807, 2.05) is 41.3 Å². The number of pyridine rings is 1. The van der Waals surface area contributed by atoms with Gasteiger partial charge in [-0.3, -0.25) is 4.79 Å². The third-order valence-corrected chi connectivity index (χ3v) is 3.83. The Balaban J connectivity index is 1.70. The number of amides is 1. The van der Waals surface area contributed by atoms with E-state index in [1.165, 1.54) is 0 Å². The van der Waals surface area contributed by atoms with Crippen LogP contribution in [-0.2, 0) is 4.79 Å². The van der Waals surface area contributed by atoms with Crippen LogP contribution in [0.1, 0.15) is 5.69 Å². The first kappa shape index (κ1) is 13.8. The Bertz CT molecular complexity index is 673. The Morgan fingerprint density at radius 3 is 2.67 bits per heavy atom. The maximum absolute atomic E-state index is 12.1. The number of hydrogen-bond donors (Lipinski definition) is 0. The highest BCUT2D eigenvalue weighted by molar-refractivity contribution is 5.92. The lowest BCUT2D eigenvalue weighted by molar-refractivity contribution is -0.127. The van der Waals surface area contributed by atoms with E-state index in [1.54, 1.807) is 12.2 Å². The van der Waals surface area contributed by atoms with Crippen LogP contribution in [0.2, 0.25) is 0 Å². The number of nitrogens with zero attached hydrogens (tertiary/aromatic N) is 3. The summed E-state index contributed by atoms with van der Waals surface area (Å²) in [6, 6.07) is 12.0. The van der Waals surface area contributed by atoms with Gasteiger partial charge < -0.3 is 9.80 Å². The fourth-order valence-electron chi connectivity index (χ4n) is 2.46. The van der Waals surface area contributed by atoms with Crippen LogP contribution in [0, 0.1) is 0 Å². The zero-order valence-corrected chi connectivity index (χ0v) is 12.2. The SMILES string of the molecule is CN1CCN(C(=O)/C=C/c2ccc3ccccc3n2)CC1. The van der Waals surface area contributed by atoms with E-state index >= 15 is 0 Å². The van der Waals surface area contributed by atoms with Crippen molar-refractivity contribution < 1.29 is 4.79 Å². The number of rotatable bonds is 2. The number of hydrogen-bond acceptors (Lipinski definition) is 3. The second-order valence-corrected chi connectivity index (χ2v) is 5.39. The molecule has 0 radical (unpaired) electrons. The van der Waals surface area contributed by atoms with Gasteiger partial charge in [-0.1, -0.05) is 24.3 Å². The van der Waals surface area contributed by atoms with Crippen molar-refractivity contribution in [1.82, 2.24) is 14.8 Å². The predicted molar refractivity (Wildman–Crippen MR) is 84.9 cm³/mol. The van der Waals surface area contributed by atoms with Crippen molar-refractivity contribution in [3.63, 3.8) is 0 Å². The molecular weight excluding hydrogens is 262 g/mol. The summed E-state index contributed by atoms with van der Waals surface area (Å²) in [7, 11) is 2.08. The van der Waals surface area contributed by atoms with E-state index in [-0.39, 0.29) is 5.91 Å². The third-order valence-electron chi connectivity index (χ3n) is 3.83. The average molecular weight is 281 g/mol. The summed E-state index contributed by atoms with van der Waals surface area (Å²) >= 11 is 0. The molecule has 0 unspecified atom stereocenters. The van der Waals surface area contributed by atoms with E-state index in [0.717, 1.165) is 42.8 Å². The summed E-state index contributed by atoms with van der Waals surface area (Å²) in [5.41, 5.74) is 1.77. The molecule has 0 bridgehead atoms. The van der Waals surface area contributed by atoms with Gasteiger partial charge in [-0.25, -0.2) is 4.98 Å². The molecule has 1 aliphatic heterocycles. The highest BCUT2D eigenvalue weighted by Gasteiger charge is 2.16. The molecule has 0 saturated carbocycles. The number of aromatic nitrogens is 1. The smallest absolute Gasteiger partial charge is 0.246 e. The van der Waals surface area contributed by atoms with E-state index in [0.29, 0.717) is 0 Å². The number of benzene rings is 1. The molecule has 0 aliphatic carbocycles. The highest BCUT2D eigenvalue weighted by Crippen LogP contribution is 2.12. The largest absolute Gasteiger partial charge is 0.337 e. The highest BCUT2D eigenvalue weighted by atomic mass is 16.2. The van der Waals surface area contributed by atoms with Crippen molar-refractivity contribution in [2.24, 2.45) is 0 Å². The van der Waals surface area contributed by atoms with Gasteiger partial charge in [-0.2, -0.15) is 0 Å². The van der Waals surface area contributed by atoms with Gasteiger partial charge in [0.05, 0.1) is 11.2 Å². The van der Waals surface area contributed by atoms with Gasteiger partial charge >= 0.3 is 0 Å². The lowest BCUT2D eigenvalue weighted by Gasteiger charge is -2.31. The Hall–Kier alpha value is -2.20. The molecule has 1 saturated heterocycles. The van der Waals surface area contributed by atoms with Crippen molar-refractivity contribution in [1.29, 1.82) is 0 Å². The Labute approximate surface area is 124 Å². The number of likely N-dealkylation sites (N-methyl/N-ethyl adjacent to an activating group) is 1. The summed E-state index contributed by atoms with van der Waals surface area (Å²) in [5.74, 6) is 0.0676. The summed E-state index contributed by atoms with van der Waals surface area (Å²) in [6.45, 7) is 3.47. The topological polar surface area (TPSA) is 36.4 Å². The van der Waals surface area contributed by atoms with Gasteiger partial charge in [0.1, 0.15) is 0 Å². The van der Waals surface area contributed by atoms with Crippen LogP contribution in [0.3, 0.4) is 0 Å². The average Bonchev–Trinajstić information content (AvgIpc) is 2.53. The monoisotopic (exact) mass is 281 g/mol. The maximum atomic E-state index is 12.1. The fraction of sp³-hybridized carbons (Fsp3) is 0.294. The molecule has 108 valence electrons. The van der Waals surface area contributed by atoms with Crippen molar-refractivity contribution in [3.05, 3.63) is 48.2 Å². The molecule has 0 spiro atoms. The van der Waals surface area contributed by atoms with Crippen molar-refractivity contribution in [2.45, 2.75) is 0 Å². The lowest BCUT2D eigenvalue weighted by atomic mass is 10.2. The molecule has 1 aromatic heterocycles. The van der Waals surface area contributed by atoms with Crippen LogP contribution in [0.15, 0.2) is 42.5 Å². The van der Waals surface area contributed by atoms with Crippen molar-refractivity contribution >= 4 is 22.9 Å². The molecule has 1 amide bonds. The molecule has 2 aromatic rings. The van der Waals surface area contributed by atoms with Crippen LogP contribution < -0.4 is 0 Å². The van der Waals surface area contributed by atoms with Crippen LogP contribution >= 0.6 is 0 Å². The minimum atomic E-state index is 0.0676. The van der Waals surface area contributed by atoms with Gasteiger partial charge in [-0.05, 0) is 25.3 Å². The van der Waals surface area contributed by atoms with Gasteiger partial charge in [0.15, 0.2) is 0 Å². The number of carbonyl (C=O) groups is 1. The molecule has 3 rings (SSSR count). The zero-order chi connectivity index (χ0) is 14.7. The minimum absolute atomic E-state index is 0.0676. The maximum Gasteiger partial charge on any atom is 0.246 e. The first-order chi connectivity index (χ1) is 10.2. The number of carbonyl (C=O) groups excluding carboxylic acids is 1. The molecule has 0 atom stereocenters. The number of fused-ring (bicyclic) bond motifs is 1. The molecule has 21 heavy (non-hydrogen) atoms. The number of piperazine rings is 1. The zero-order valence-electron chi connectivity index (χ0n) is 12.2. The van der Waals surface area contributed by atoms with Crippen molar-refractivity contribution in [3.8, 4) is 0 Å². The quantitative estimate of drug-likeness (QED) is 0.790. The molecule has 4 nitrogen and oxygen atoms in total. The van der Waals surface area contributed by atoms with E-state index < -0.39 is 0 Å². The van der Waals surface area contributed by atoms with Crippen LogP contribution in [0.4, 0.5) is 0 Å². The molecular formula is C17H19N3O. The van der Waals surface area contributed by atoms with Crippen LogP contribution in [0.5, 0.6) is 0 Å². The van der Waals surface area contributed by atoms with E-state index in [2.05, 4.69) is 16.9 Å². The van der Waals surface area contributed by atoms with Crippen LogP contribution in [0.25, 0.3) is 17.0 Å². The van der Waals surface area contributed by atoms with Gasteiger partial charge in [-0.15, -0.1) is 0 Å². The summed E-state index contributed by atoms with van der Waals surface area (Å²) in [4.78, 5) is 20.8. The van der Waals surface area contributed by atoms with Gasteiger partial charge in [0.2, 0.25) is 5.91 Å². The minimum Gasteiger partial charge on any atom is -0.337 e. The Morgan fingerprint density at radius 1 is 1.10 bits per heavy atom. The fourth-order valence-corrected chi connectivity index (χ4v) is 2.46. The standard InChI is InChI=1S/C17H19N3O/c1-19-10-12-20(13-11-19)17(21)9-8-15-7-6-14-4-2-3-5-16(14)18-15/h2-9H,10-13H2,1H3/b9-8+. The summed E-state index contributed by atoms with van der Waals surface area (Å²) < 4.78 is 0. The molecule has 2 heterocycles. The van der Waals surface area contributed by atoms with Crippen LogP contribution in [-0.4, -0.2) is 53.9 Å². The molecule has 0 N–H and O–H groups in total. The third kappa shape index (κ3) is 3.28. The second-order valence-electron chi connectivity index (χ2n) is 5.39. The first-order valence-electron chi connectivity index (χ1n) is 7.24. The molecule has 1 fully saturated rings. The van der Waals surface area contributed by atoms with E-state index in [4.69, 9.17) is 0 Å². The number of para-hydroxylation sites is 1. The van der Waals surface area contributed by atoms with Gasteiger partial charge in [0, 0.05) is 37.6 Å². The van der Waals surface area contributed by atoms with E-state index in [9.17, 15) is 4.79 Å². The first-order valence-corrected chi connectivity index (χ1v) is 7.24. The molecule has 1 aromatic carbocycles. The summed E-state index contributed by atoms with van der Waals surface area (Å²) in [6.07, 6.45) is 3.43. The lowest BCUT2D eigenvalue weighted by Crippen LogP contribution is -2.46. The normalized spacial score (nSPS) is 16.7. The second kappa shape index (κ2) is 6.06. The molecule has 4 heteroatoms. The Kier molecular flexibility index (Phi) is 3.97. The molecule has 1 aliphatic rings. The predicted octanol–water partition coefficient (Wildman–Crippen LogP) is 2.02. The Morgan fingerprint density at radius 2 is 1.86 bits per heavy atom. The summed E-state index contributed by atoms with van der Waals surface area (Å²) in [5, 5.41) is 1.11.